The van der Waals surface area contributed by atoms with Crippen LogP contribution >= 0.6 is 0 Å². The smallest absolute Gasteiger partial charge is 0.320 e. The Kier molecular flexibility index (Phi) is 10.8. The van der Waals surface area contributed by atoms with Gasteiger partial charge >= 0.3 is 6.01 Å². The number of aromatic nitrogens is 2. The van der Waals surface area contributed by atoms with E-state index in [1.165, 1.54) is 5.56 Å². The third-order valence-electron chi connectivity index (χ3n) is 6.06. The summed E-state index contributed by atoms with van der Waals surface area (Å²) in [4.78, 5) is 14.0. The van der Waals surface area contributed by atoms with Crippen molar-refractivity contribution >= 4 is 17.3 Å². The van der Waals surface area contributed by atoms with Gasteiger partial charge in [-0.3, -0.25) is 10.3 Å². The molecule has 1 saturated heterocycles. The molecule has 0 bridgehead atoms. The van der Waals surface area contributed by atoms with E-state index in [1.807, 2.05) is 13.0 Å². The summed E-state index contributed by atoms with van der Waals surface area (Å²) in [5, 5.41) is 4.68. The van der Waals surface area contributed by atoms with Gasteiger partial charge in [0.2, 0.25) is 0 Å². The Hall–Kier alpha value is -2.71. The first-order valence-electron chi connectivity index (χ1n) is 13.0. The second kappa shape index (κ2) is 14.0. The van der Waals surface area contributed by atoms with E-state index in [0.29, 0.717) is 24.4 Å². The van der Waals surface area contributed by atoms with E-state index in [2.05, 4.69) is 77.3 Å². The predicted molar refractivity (Wildman–Crippen MR) is 144 cm³/mol. The standard InChI is InChI=1S/C27H42N6O2/c1-6-12-33(13-7-2)26-20-25(28-27(29-26)35-19-16-32-14-17-34-18-15-32)31-30-22(5)24-11-9-8-10-23(24)21(3)4/h8-11,20-21H,6-7,12-19H2,1-5H3,(H,28,29,31)/b30-22-. The summed E-state index contributed by atoms with van der Waals surface area (Å²) >= 11 is 0. The number of hydrogen-bond donors (Lipinski definition) is 1. The Morgan fingerprint density at radius 3 is 2.54 bits per heavy atom. The maximum atomic E-state index is 6.02. The van der Waals surface area contributed by atoms with Gasteiger partial charge in [-0.25, -0.2) is 0 Å². The minimum atomic E-state index is 0.380. The van der Waals surface area contributed by atoms with E-state index in [9.17, 15) is 0 Å². The normalized spacial score (nSPS) is 14.9. The van der Waals surface area contributed by atoms with Crippen molar-refractivity contribution in [2.24, 2.45) is 5.10 Å². The number of hydrazone groups is 1. The Morgan fingerprint density at radius 2 is 1.86 bits per heavy atom. The van der Waals surface area contributed by atoms with Gasteiger partial charge < -0.3 is 14.4 Å². The highest BCUT2D eigenvalue weighted by atomic mass is 16.5. The molecule has 1 aromatic carbocycles. The molecule has 1 aromatic heterocycles. The molecular formula is C27H42N6O2. The quantitative estimate of drug-likeness (QED) is 0.325. The largest absolute Gasteiger partial charge is 0.462 e. The third kappa shape index (κ3) is 8.18. The zero-order chi connectivity index (χ0) is 25.0. The van der Waals surface area contributed by atoms with Crippen molar-refractivity contribution in [2.75, 3.05) is 62.9 Å². The molecule has 0 spiro atoms. The lowest BCUT2D eigenvalue weighted by Crippen LogP contribution is -2.38. The molecule has 0 atom stereocenters. The number of benzene rings is 1. The molecule has 0 radical (unpaired) electrons. The van der Waals surface area contributed by atoms with Crippen LogP contribution in [-0.2, 0) is 4.74 Å². The van der Waals surface area contributed by atoms with Crippen molar-refractivity contribution in [3.63, 3.8) is 0 Å². The highest BCUT2D eigenvalue weighted by molar-refractivity contribution is 6.00. The number of ether oxygens (including phenoxy) is 2. The first kappa shape index (κ1) is 26.9. The maximum absolute atomic E-state index is 6.02. The predicted octanol–water partition coefficient (Wildman–Crippen LogP) is 4.77. The number of hydrogen-bond acceptors (Lipinski definition) is 8. The fraction of sp³-hybridized carbons (Fsp3) is 0.593. The third-order valence-corrected chi connectivity index (χ3v) is 6.06. The molecule has 0 unspecified atom stereocenters. The van der Waals surface area contributed by atoms with E-state index in [4.69, 9.17) is 14.5 Å². The van der Waals surface area contributed by atoms with E-state index in [-0.39, 0.29) is 0 Å². The van der Waals surface area contributed by atoms with Gasteiger partial charge in [-0.05, 0) is 31.2 Å². The number of anilines is 2. The van der Waals surface area contributed by atoms with Gasteiger partial charge in [-0.2, -0.15) is 15.1 Å². The summed E-state index contributed by atoms with van der Waals surface area (Å²) in [5.74, 6) is 1.92. The lowest BCUT2D eigenvalue weighted by molar-refractivity contribution is 0.0317. The molecule has 2 heterocycles. The van der Waals surface area contributed by atoms with Crippen LogP contribution in [0.15, 0.2) is 35.4 Å². The number of nitrogens with zero attached hydrogens (tertiary/aromatic N) is 5. The highest BCUT2D eigenvalue weighted by Crippen LogP contribution is 2.22. The van der Waals surface area contributed by atoms with Crippen LogP contribution in [-0.4, -0.2) is 73.1 Å². The van der Waals surface area contributed by atoms with Crippen LogP contribution in [0.1, 0.15) is 64.5 Å². The van der Waals surface area contributed by atoms with Gasteiger partial charge in [-0.15, -0.1) is 0 Å². The van der Waals surface area contributed by atoms with Gasteiger partial charge in [0.05, 0.1) is 18.9 Å². The molecule has 0 aliphatic carbocycles. The van der Waals surface area contributed by atoms with Crippen LogP contribution in [0.5, 0.6) is 6.01 Å². The van der Waals surface area contributed by atoms with Crippen molar-refractivity contribution in [3.8, 4) is 6.01 Å². The molecule has 0 amide bonds. The van der Waals surface area contributed by atoms with Crippen LogP contribution in [0.4, 0.5) is 11.6 Å². The second-order valence-electron chi connectivity index (χ2n) is 9.23. The van der Waals surface area contributed by atoms with Crippen molar-refractivity contribution in [1.82, 2.24) is 14.9 Å². The minimum absolute atomic E-state index is 0.380. The van der Waals surface area contributed by atoms with Crippen molar-refractivity contribution in [3.05, 3.63) is 41.5 Å². The lowest BCUT2D eigenvalue weighted by Gasteiger charge is -2.26. The summed E-state index contributed by atoms with van der Waals surface area (Å²) in [6.07, 6.45) is 2.09. The summed E-state index contributed by atoms with van der Waals surface area (Å²) in [6.45, 7) is 17.4. The maximum Gasteiger partial charge on any atom is 0.320 e. The summed E-state index contributed by atoms with van der Waals surface area (Å²) < 4.78 is 11.5. The first-order chi connectivity index (χ1) is 17.0. The fourth-order valence-electron chi connectivity index (χ4n) is 4.20. The van der Waals surface area contributed by atoms with E-state index < -0.39 is 0 Å². The van der Waals surface area contributed by atoms with Crippen molar-refractivity contribution in [2.45, 2.75) is 53.4 Å². The molecule has 0 saturated carbocycles. The summed E-state index contributed by atoms with van der Waals surface area (Å²) in [6, 6.07) is 10.8. The van der Waals surface area contributed by atoms with Crippen LogP contribution in [0.25, 0.3) is 0 Å². The Morgan fingerprint density at radius 1 is 1.14 bits per heavy atom. The zero-order valence-corrected chi connectivity index (χ0v) is 22.1. The molecule has 3 rings (SSSR count). The number of rotatable bonds is 13. The van der Waals surface area contributed by atoms with Gasteiger partial charge in [0, 0.05) is 44.4 Å². The average Bonchev–Trinajstić information content (AvgIpc) is 2.87. The fourth-order valence-corrected chi connectivity index (χ4v) is 4.20. The van der Waals surface area contributed by atoms with Crippen LogP contribution < -0.4 is 15.1 Å². The molecule has 8 nitrogen and oxygen atoms in total. The summed E-state index contributed by atoms with van der Waals surface area (Å²) in [7, 11) is 0. The van der Waals surface area contributed by atoms with Crippen molar-refractivity contribution in [1.29, 1.82) is 0 Å². The van der Waals surface area contributed by atoms with Crippen LogP contribution in [0.2, 0.25) is 0 Å². The molecule has 1 fully saturated rings. The Balaban J connectivity index is 1.79. The second-order valence-corrected chi connectivity index (χ2v) is 9.23. The Bertz CT molecular complexity index is 937. The van der Waals surface area contributed by atoms with Gasteiger partial charge in [0.25, 0.3) is 0 Å². The molecule has 2 aromatic rings. The van der Waals surface area contributed by atoms with E-state index in [1.54, 1.807) is 0 Å². The van der Waals surface area contributed by atoms with Crippen molar-refractivity contribution < 1.29 is 9.47 Å². The highest BCUT2D eigenvalue weighted by Gasteiger charge is 2.14. The number of morpholine rings is 1. The van der Waals surface area contributed by atoms with Gasteiger partial charge in [0.1, 0.15) is 12.4 Å². The topological polar surface area (TPSA) is 75.1 Å². The van der Waals surface area contributed by atoms with Crippen LogP contribution in [0.3, 0.4) is 0 Å². The zero-order valence-electron chi connectivity index (χ0n) is 22.1. The first-order valence-corrected chi connectivity index (χ1v) is 13.0. The average molecular weight is 483 g/mol. The molecule has 1 N–H and O–H groups in total. The van der Waals surface area contributed by atoms with Crippen LogP contribution in [0, 0.1) is 0 Å². The molecule has 1 aliphatic heterocycles. The van der Waals surface area contributed by atoms with E-state index in [0.717, 1.165) is 75.9 Å². The Labute approximate surface area is 210 Å². The SMILES string of the molecule is CCCN(CCC)c1cc(N/N=C(/C)c2ccccc2C(C)C)nc(OCCN2CCOCC2)n1. The van der Waals surface area contributed by atoms with Gasteiger partial charge in [0.15, 0.2) is 5.82 Å². The summed E-state index contributed by atoms with van der Waals surface area (Å²) in [5.41, 5.74) is 6.52. The molecule has 35 heavy (non-hydrogen) atoms. The van der Waals surface area contributed by atoms with Gasteiger partial charge in [-0.1, -0.05) is 52.0 Å². The minimum Gasteiger partial charge on any atom is -0.462 e. The monoisotopic (exact) mass is 482 g/mol. The molecular weight excluding hydrogens is 440 g/mol. The molecule has 8 heteroatoms. The van der Waals surface area contributed by atoms with E-state index >= 15 is 0 Å². The number of nitrogens with one attached hydrogen (secondary N) is 1. The molecule has 1 aliphatic rings. The lowest BCUT2D eigenvalue weighted by atomic mass is 9.95. The molecule has 192 valence electrons.